The minimum absolute atomic E-state index is 0.123. The van der Waals surface area contributed by atoms with Gasteiger partial charge in [0.15, 0.2) is 0 Å². The number of hydrogen-bond donors (Lipinski definition) is 3. The van der Waals surface area contributed by atoms with Crippen molar-refractivity contribution in [1.82, 2.24) is 5.32 Å². The maximum atomic E-state index is 12.7. The van der Waals surface area contributed by atoms with Gasteiger partial charge >= 0.3 is 5.97 Å². The first-order valence-electron chi connectivity index (χ1n) is 10.3. The van der Waals surface area contributed by atoms with E-state index >= 15 is 0 Å². The van der Waals surface area contributed by atoms with E-state index in [0.29, 0.717) is 29.5 Å². The van der Waals surface area contributed by atoms with Crippen LogP contribution in [0.2, 0.25) is 0 Å². The van der Waals surface area contributed by atoms with Crippen LogP contribution in [0, 0.1) is 6.92 Å². The van der Waals surface area contributed by atoms with Crippen molar-refractivity contribution in [2.75, 3.05) is 0 Å². The lowest BCUT2D eigenvalue weighted by Gasteiger charge is -2.11. The number of aromatic hydroxyl groups is 1. The van der Waals surface area contributed by atoms with Gasteiger partial charge in [0.25, 0.3) is 5.91 Å². The van der Waals surface area contributed by atoms with Crippen LogP contribution in [0.25, 0.3) is 10.8 Å². The third-order valence-corrected chi connectivity index (χ3v) is 5.51. The van der Waals surface area contributed by atoms with Crippen molar-refractivity contribution in [2.24, 2.45) is 0 Å². The molecule has 1 amide bonds. The lowest BCUT2D eigenvalue weighted by molar-refractivity contribution is 0.0696. The zero-order valence-electron chi connectivity index (χ0n) is 17.6. The van der Waals surface area contributed by atoms with Gasteiger partial charge in [0.1, 0.15) is 5.75 Å². The van der Waals surface area contributed by atoms with Crippen molar-refractivity contribution in [3.8, 4) is 5.75 Å². The zero-order valence-corrected chi connectivity index (χ0v) is 17.6. The van der Waals surface area contributed by atoms with Crippen molar-refractivity contribution >= 4 is 22.6 Å². The van der Waals surface area contributed by atoms with Gasteiger partial charge in [-0.3, -0.25) is 4.79 Å². The molecule has 0 heterocycles. The van der Waals surface area contributed by atoms with Gasteiger partial charge < -0.3 is 15.5 Å². The summed E-state index contributed by atoms with van der Waals surface area (Å²) < 4.78 is 0. The highest BCUT2D eigenvalue weighted by Crippen LogP contribution is 2.31. The number of benzene rings is 4. The van der Waals surface area contributed by atoms with Gasteiger partial charge in [-0.05, 0) is 53.3 Å². The third kappa shape index (κ3) is 4.62. The second kappa shape index (κ2) is 8.94. The van der Waals surface area contributed by atoms with Crippen LogP contribution in [0.3, 0.4) is 0 Å². The Morgan fingerprint density at radius 1 is 0.812 bits per heavy atom. The first kappa shape index (κ1) is 21.1. The number of phenols is 1. The number of carbonyl (C=O) groups is 2. The van der Waals surface area contributed by atoms with E-state index in [1.807, 2.05) is 49.4 Å². The number of carbonyl (C=O) groups excluding carboxylic acids is 1. The number of carboxylic acids is 1. The van der Waals surface area contributed by atoms with Crippen molar-refractivity contribution in [3.05, 3.63) is 112 Å². The topological polar surface area (TPSA) is 86.6 Å². The molecule has 0 aromatic heterocycles. The summed E-state index contributed by atoms with van der Waals surface area (Å²) in [6.07, 6.45) is 0.450. The molecule has 0 spiro atoms. The minimum Gasteiger partial charge on any atom is -0.507 e. The van der Waals surface area contributed by atoms with Gasteiger partial charge in [0, 0.05) is 23.9 Å². The molecule has 0 aliphatic carbocycles. The molecule has 4 aromatic carbocycles. The van der Waals surface area contributed by atoms with E-state index in [1.165, 1.54) is 5.56 Å². The van der Waals surface area contributed by atoms with E-state index in [-0.39, 0.29) is 17.2 Å². The van der Waals surface area contributed by atoms with Crippen LogP contribution >= 0.6 is 0 Å². The van der Waals surface area contributed by atoms with Gasteiger partial charge in [-0.1, -0.05) is 60.2 Å². The summed E-state index contributed by atoms with van der Waals surface area (Å²) in [7, 11) is 0. The Labute approximate surface area is 186 Å². The molecular formula is C27H23NO4. The highest BCUT2D eigenvalue weighted by molar-refractivity contribution is 6.00. The fourth-order valence-corrected chi connectivity index (χ4v) is 3.61. The van der Waals surface area contributed by atoms with E-state index in [4.69, 9.17) is 5.11 Å². The first-order chi connectivity index (χ1) is 15.4. The molecule has 0 radical (unpaired) electrons. The Morgan fingerprint density at radius 3 is 2.12 bits per heavy atom. The lowest BCUT2D eigenvalue weighted by atomic mass is 9.98. The molecular weight excluding hydrogens is 402 g/mol. The quantitative estimate of drug-likeness (QED) is 0.402. The molecule has 3 N–H and O–H groups in total. The third-order valence-electron chi connectivity index (χ3n) is 5.51. The molecule has 0 unspecified atom stereocenters. The van der Waals surface area contributed by atoms with E-state index in [2.05, 4.69) is 5.32 Å². The Hall–Kier alpha value is -4.12. The smallest absolute Gasteiger partial charge is 0.335 e. The van der Waals surface area contributed by atoms with Gasteiger partial charge in [0.05, 0.1) is 5.56 Å². The van der Waals surface area contributed by atoms with Crippen LogP contribution < -0.4 is 5.32 Å². The summed E-state index contributed by atoms with van der Waals surface area (Å²) in [5.74, 6) is -1.06. The van der Waals surface area contributed by atoms with Gasteiger partial charge in [0.2, 0.25) is 0 Å². The predicted molar refractivity (Wildman–Crippen MR) is 124 cm³/mol. The number of phenolic OH excluding ortho intramolecular Hbond substituents is 1. The minimum atomic E-state index is -0.974. The summed E-state index contributed by atoms with van der Waals surface area (Å²) in [6.45, 7) is 2.44. The molecule has 0 atom stereocenters. The number of aryl methyl sites for hydroxylation is 1. The van der Waals surface area contributed by atoms with Gasteiger partial charge in [-0.15, -0.1) is 0 Å². The standard InChI is InChI=1S/C27H23NO4/c1-17-2-4-19(5-3-17)16-28-26(30)23-13-11-20-10-12-22(25(29)24(20)15-23)14-18-6-8-21(9-7-18)27(31)32/h2-13,15,29H,14,16H2,1H3,(H,28,30)(H,31,32). The largest absolute Gasteiger partial charge is 0.507 e. The molecule has 0 aliphatic rings. The second-order valence-corrected chi connectivity index (χ2v) is 7.86. The molecule has 0 bridgehead atoms. The summed E-state index contributed by atoms with van der Waals surface area (Å²) in [6, 6.07) is 23.6. The Morgan fingerprint density at radius 2 is 1.44 bits per heavy atom. The molecule has 5 nitrogen and oxygen atoms in total. The van der Waals surface area contributed by atoms with E-state index in [1.54, 1.807) is 36.4 Å². The maximum Gasteiger partial charge on any atom is 0.335 e. The number of nitrogens with one attached hydrogen (secondary N) is 1. The van der Waals surface area contributed by atoms with Crippen LogP contribution in [0.4, 0.5) is 0 Å². The number of aromatic carboxylic acids is 1. The highest BCUT2D eigenvalue weighted by atomic mass is 16.4. The van der Waals surface area contributed by atoms with E-state index < -0.39 is 5.97 Å². The second-order valence-electron chi connectivity index (χ2n) is 7.86. The average molecular weight is 425 g/mol. The fraction of sp³-hybridized carbons (Fsp3) is 0.111. The highest BCUT2D eigenvalue weighted by Gasteiger charge is 2.12. The zero-order chi connectivity index (χ0) is 22.7. The fourth-order valence-electron chi connectivity index (χ4n) is 3.61. The number of amides is 1. The van der Waals surface area contributed by atoms with Crippen LogP contribution in [0.15, 0.2) is 78.9 Å². The van der Waals surface area contributed by atoms with Gasteiger partial charge in [-0.2, -0.15) is 0 Å². The number of fused-ring (bicyclic) bond motifs is 1. The predicted octanol–water partition coefficient (Wildman–Crippen LogP) is 5.07. The summed E-state index contributed by atoms with van der Waals surface area (Å²) in [5.41, 5.74) is 4.47. The van der Waals surface area contributed by atoms with E-state index in [0.717, 1.165) is 16.5 Å². The van der Waals surface area contributed by atoms with Crippen molar-refractivity contribution in [1.29, 1.82) is 0 Å². The molecule has 32 heavy (non-hydrogen) atoms. The summed E-state index contributed by atoms with van der Waals surface area (Å²) in [4.78, 5) is 23.7. The molecule has 0 aliphatic heterocycles. The average Bonchev–Trinajstić information content (AvgIpc) is 2.80. The van der Waals surface area contributed by atoms with Crippen LogP contribution in [-0.2, 0) is 13.0 Å². The Balaban J connectivity index is 1.54. The van der Waals surface area contributed by atoms with Crippen LogP contribution in [-0.4, -0.2) is 22.1 Å². The molecule has 4 rings (SSSR count). The van der Waals surface area contributed by atoms with Crippen molar-refractivity contribution in [3.63, 3.8) is 0 Å². The Bertz CT molecular complexity index is 1290. The molecule has 0 saturated carbocycles. The molecule has 0 fully saturated rings. The first-order valence-corrected chi connectivity index (χ1v) is 10.3. The number of rotatable bonds is 6. The monoisotopic (exact) mass is 425 g/mol. The SMILES string of the molecule is Cc1ccc(CNC(=O)c2ccc3ccc(Cc4ccc(C(=O)O)cc4)c(O)c3c2)cc1. The molecule has 4 aromatic rings. The molecule has 5 heteroatoms. The van der Waals surface area contributed by atoms with Crippen LogP contribution in [0.1, 0.15) is 43.0 Å². The van der Waals surface area contributed by atoms with Gasteiger partial charge in [-0.25, -0.2) is 4.79 Å². The maximum absolute atomic E-state index is 12.7. The number of hydrogen-bond acceptors (Lipinski definition) is 3. The Kier molecular flexibility index (Phi) is 5.90. The van der Waals surface area contributed by atoms with Crippen molar-refractivity contribution in [2.45, 2.75) is 19.9 Å². The van der Waals surface area contributed by atoms with E-state index in [9.17, 15) is 14.7 Å². The van der Waals surface area contributed by atoms with Crippen molar-refractivity contribution < 1.29 is 19.8 Å². The van der Waals surface area contributed by atoms with Crippen LogP contribution in [0.5, 0.6) is 5.75 Å². The lowest BCUT2D eigenvalue weighted by Crippen LogP contribution is -2.22. The normalized spacial score (nSPS) is 10.8. The number of carboxylic acid groups (broad SMARTS) is 1. The molecule has 160 valence electrons. The molecule has 0 saturated heterocycles. The summed E-state index contributed by atoms with van der Waals surface area (Å²) in [5, 5.41) is 24.3. The summed E-state index contributed by atoms with van der Waals surface area (Å²) >= 11 is 0.